The van der Waals surface area contributed by atoms with Crippen LogP contribution in [-0.2, 0) is 12.5 Å². The Morgan fingerprint density at radius 1 is 1.27 bits per heavy atom. The maximum Gasteiger partial charge on any atom is 0.164 e. The lowest BCUT2D eigenvalue weighted by Crippen LogP contribution is -2.16. The average Bonchev–Trinajstić information content (AvgIpc) is 2.47. The molecule has 0 unspecified atom stereocenters. The summed E-state index contributed by atoms with van der Waals surface area (Å²) in [6.07, 6.45) is 1.69. The Morgan fingerprint density at radius 3 is 2.53 bits per heavy atom. The maximum absolute atomic E-state index is 6.05. The second-order valence-corrected chi connectivity index (χ2v) is 4.97. The highest BCUT2D eigenvalue weighted by Gasteiger charge is 2.20. The number of fused-ring (bicyclic) bond motifs is 1. The third kappa shape index (κ3) is 1.69. The molecule has 0 aliphatic rings. The number of rotatable bonds is 0. The van der Waals surface area contributed by atoms with Gasteiger partial charge in [0.05, 0.1) is 6.33 Å². The zero-order valence-corrected chi connectivity index (χ0v) is 10.0. The molecule has 0 radical (unpaired) electrons. The maximum atomic E-state index is 6.05. The van der Waals surface area contributed by atoms with Crippen molar-refractivity contribution in [2.24, 2.45) is 7.05 Å². The fourth-order valence-electron chi connectivity index (χ4n) is 1.31. The van der Waals surface area contributed by atoms with Gasteiger partial charge in [-0.3, -0.25) is 0 Å². The van der Waals surface area contributed by atoms with Crippen molar-refractivity contribution < 1.29 is 0 Å². The summed E-state index contributed by atoms with van der Waals surface area (Å²) < 4.78 is 1.85. The van der Waals surface area contributed by atoms with Gasteiger partial charge < -0.3 is 4.57 Å². The first-order valence-electron chi connectivity index (χ1n) is 4.74. The van der Waals surface area contributed by atoms with Crippen molar-refractivity contribution >= 4 is 22.8 Å². The van der Waals surface area contributed by atoms with Crippen molar-refractivity contribution in [2.45, 2.75) is 26.2 Å². The van der Waals surface area contributed by atoms with E-state index in [0.29, 0.717) is 10.7 Å². The molecular formula is C10H13ClN4. The molecule has 0 aromatic carbocycles. The monoisotopic (exact) mass is 224 g/mol. The van der Waals surface area contributed by atoms with Crippen LogP contribution in [0.2, 0.25) is 5.15 Å². The van der Waals surface area contributed by atoms with Crippen LogP contribution in [0, 0.1) is 0 Å². The van der Waals surface area contributed by atoms with E-state index in [1.807, 2.05) is 11.6 Å². The molecule has 0 N–H and O–H groups in total. The molecule has 2 aromatic rings. The third-order valence-corrected chi connectivity index (χ3v) is 2.45. The Balaban J connectivity index is 2.76. The molecule has 0 bridgehead atoms. The fourth-order valence-corrected chi connectivity index (χ4v) is 1.52. The molecule has 0 saturated carbocycles. The van der Waals surface area contributed by atoms with E-state index in [1.165, 1.54) is 0 Å². The number of halogens is 1. The largest absolute Gasteiger partial charge is 0.318 e. The van der Waals surface area contributed by atoms with Crippen molar-refractivity contribution in [3.63, 3.8) is 0 Å². The number of hydrogen-bond donors (Lipinski definition) is 0. The lowest BCUT2D eigenvalue weighted by Gasteiger charge is -2.16. The molecule has 2 heterocycles. The highest BCUT2D eigenvalue weighted by molar-refractivity contribution is 6.33. The van der Waals surface area contributed by atoms with E-state index in [9.17, 15) is 0 Å². The van der Waals surface area contributed by atoms with Gasteiger partial charge in [-0.2, -0.15) is 0 Å². The van der Waals surface area contributed by atoms with Crippen molar-refractivity contribution in [3.05, 3.63) is 17.3 Å². The van der Waals surface area contributed by atoms with Crippen LogP contribution in [0.1, 0.15) is 26.6 Å². The van der Waals surface area contributed by atoms with Crippen LogP contribution in [0.25, 0.3) is 11.2 Å². The van der Waals surface area contributed by atoms with E-state index in [4.69, 9.17) is 11.6 Å². The summed E-state index contributed by atoms with van der Waals surface area (Å²) >= 11 is 6.05. The molecule has 80 valence electrons. The number of imidazole rings is 1. The Bertz CT molecular complexity index is 510. The molecule has 0 fully saturated rings. The van der Waals surface area contributed by atoms with Gasteiger partial charge in [-0.1, -0.05) is 32.4 Å². The first-order chi connectivity index (χ1) is 6.89. The molecule has 2 rings (SSSR count). The van der Waals surface area contributed by atoms with Gasteiger partial charge in [-0.05, 0) is 0 Å². The average molecular weight is 225 g/mol. The van der Waals surface area contributed by atoms with Gasteiger partial charge in [-0.25, -0.2) is 15.0 Å². The minimum Gasteiger partial charge on any atom is -0.318 e. The third-order valence-electron chi connectivity index (χ3n) is 2.19. The Morgan fingerprint density at radius 2 is 1.93 bits per heavy atom. The van der Waals surface area contributed by atoms with Crippen LogP contribution in [0.3, 0.4) is 0 Å². The Kier molecular flexibility index (Phi) is 2.19. The summed E-state index contributed by atoms with van der Waals surface area (Å²) in [4.78, 5) is 12.9. The SMILES string of the molecule is Cn1cnc2c(Cl)nc(C(C)(C)C)nc21. The summed E-state index contributed by atoms with van der Waals surface area (Å²) in [6, 6.07) is 0. The first kappa shape index (κ1) is 10.4. The van der Waals surface area contributed by atoms with Crippen LogP contribution in [0.15, 0.2) is 6.33 Å². The fraction of sp³-hybridized carbons (Fsp3) is 0.500. The van der Waals surface area contributed by atoms with E-state index in [0.717, 1.165) is 11.5 Å². The summed E-state index contributed by atoms with van der Waals surface area (Å²) in [5.74, 6) is 0.739. The predicted molar refractivity (Wildman–Crippen MR) is 60.0 cm³/mol. The standard InChI is InChI=1S/C10H13ClN4/c1-10(2,3)9-13-7(11)6-8(14-9)15(4)5-12-6/h5H,1-4H3. The summed E-state index contributed by atoms with van der Waals surface area (Å²) in [5, 5.41) is 0.422. The van der Waals surface area contributed by atoms with E-state index in [2.05, 4.69) is 35.7 Å². The number of aryl methyl sites for hydroxylation is 1. The zero-order chi connectivity index (χ0) is 11.2. The summed E-state index contributed by atoms with van der Waals surface area (Å²) in [5.41, 5.74) is 1.33. The van der Waals surface area contributed by atoms with E-state index in [1.54, 1.807) is 6.33 Å². The smallest absolute Gasteiger partial charge is 0.164 e. The van der Waals surface area contributed by atoms with Crippen LogP contribution < -0.4 is 0 Å². The van der Waals surface area contributed by atoms with Crippen LogP contribution in [-0.4, -0.2) is 19.5 Å². The van der Waals surface area contributed by atoms with Gasteiger partial charge in [-0.15, -0.1) is 0 Å². The van der Waals surface area contributed by atoms with E-state index < -0.39 is 0 Å². The molecule has 15 heavy (non-hydrogen) atoms. The minimum absolute atomic E-state index is 0.109. The lowest BCUT2D eigenvalue weighted by atomic mass is 9.96. The summed E-state index contributed by atoms with van der Waals surface area (Å²) in [7, 11) is 1.89. The van der Waals surface area contributed by atoms with Crippen LogP contribution in [0.5, 0.6) is 0 Å². The van der Waals surface area contributed by atoms with Gasteiger partial charge in [0, 0.05) is 12.5 Å². The van der Waals surface area contributed by atoms with Gasteiger partial charge in [0.15, 0.2) is 10.8 Å². The van der Waals surface area contributed by atoms with Crippen molar-refractivity contribution in [1.82, 2.24) is 19.5 Å². The molecule has 0 aliphatic carbocycles. The normalized spacial score (nSPS) is 12.3. The van der Waals surface area contributed by atoms with Crippen molar-refractivity contribution in [2.75, 3.05) is 0 Å². The molecule has 0 spiro atoms. The second kappa shape index (κ2) is 3.17. The Hall–Kier alpha value is -1.16. The van der Waals surface area contributed by atoms with Crippen LogP contribution in [0.4, 0.5) is 0 Å². The topological polar surface area (TPSA) is 43.6 Å². The number of aromatic nitrogens is 4. The molecule has 0 aliphatic heterocycles. The van der Waals surface area contributed by atoms with Gasteiger partial charge >= 0.3 is 0 Å². The van der Waals surface area contributed by atoms with Gasteiger partial charge in [0.1, 0.15) is 11.3 Å². The predicted octanol–water partition coefficient (Wildman–Crippen LogP) is 2.31. The first-order valence-corrected chi connectivity index (χ1v) is 5.12. The minimum atomic E-state index is -0.109. The van der Waals surface area contributed by atoms with Crippen molar-refractivity contribution in [3.8, 4) is 0 Å². The molecule has 5 heteroatoms. The molecule has 0 saturated heterocycles. The number of nitrogens with zero attached hydrogens (tertiary/aromatic N) is 4. The molecule has 4 nitrogen and oxygen atoms in total. The molecule has 0 atom stereocenters. The van der Waals surface area contributed by atoms with Crippen LogP contribution >= 0.6 is 11.6 Å². The molecule has 2 aromatic heterocycles. The quantitative estimate of drug-likeness (QED) is 0.645. The zero-order valence-electron chi connectivity index (χ0n) is 9.24. The van der Waals surface area contributed by atoms with E-state index in [-0.39, 0.29) is 5.41 Å². The van der Waals surface area contributed by atoms with Gasteiger partial charge in [0.25, 0.3) is 0 Å². The lowest BCUT2D eigenvalue weighted by molar-refractivity contribution is 0.547. The van der Waals surface area contributed by atoms with Gasteiger partial charge in [0.2, 0.25) is 0 Å². The van der Waals surface area contributed by atoms with Crippen molar-refractivity contribution in [1.29, 1.82) is 0 Å². The highest BCUT2D eigenvalue weighted by Crippen LogP contribution is 2.24. The highest BCUT2D eigenvalue weighted by atomic mass is 35.5. The Labute approximate surface area is 93.3 Å². The van der Waals surface area contributed by atoms with E-state index >= 15 is 0 Å². The number of hydrogen-bond acceptors (Lipinski definition) is 3. The molecule has 0 amide bonds. The second-order valence-electron chi connectivity index (χ2n) is 4.62. The molecular weight excluding hydrogens is 212 g/mol. The summed E-state index contributed by atoms with van der Waals surface area (Å²) in [6.45, 7) is 6.17.